The largest absolute Gasteiger partial charge is 0.391 e. The third kappa shape index (κ3) is 2.74. The van der Waals surface area contributed by atoms with Crippen LogP contribution in [-0.4, -0.2) is 29.3 Å². The standard InChI is InChI=1S/C13H16ClN3O/c1-17(10-4-2-3-5-11(10)18)13-7-9(8-15)6-12(14)16-13/h6-7,10-11,18H,2-5H2,1H3. The second-order valence-electron chi connectivity index (χ2n) is 4.68. The third-order valence-corrected chi connectivity index (χ3v) is 3.66. The Morgan fingerprint density at radius 3 is 2.83 bits per heavy atom. The van der Waals surface area contributed by atoms with Gasteiger partial charge >= 0.3 is 0 Å². The molecule has 1 heterocycles. The number of nitriles is 1. The minimum absolute atomic E-state index is 0.0521. The molecule has 1 aliphatic rings. The molecule has 1 saturated carbocycles. The Labute approximate surface area is 112 Å². The normalized spacial score (nSPS) is 23.4. The maximum absolute atomic E-state index is 10.0. The number of pyridine rings is 1. The Morgan fingerprint density at radius 1 is 1.44 bits per heavy atom. The van der Waals surface area contributed by atoms with Crippen LogP contribution in [0.4, 0.5) is 5.82 Å². The SMILES string of the molecule is CN(c1cc(C#N)cc(Cl)n1)C1CCCCC1O. The zero-order valence-electron chi connectivity index (χ0n) is 10.3. The van der Waals surface area contributed by atoms with Gasteiger partial charge in [-0.2, -0.15) is 5.26 Å². The fourth-order valence-corrected chi connectivity index (χ4v) is 2.65. The minimum atomic E-state index is -0.338. The van der Waals surface area contributed by atoms with Gasteiger partial charge in [0.25, 0.3) is 0 Å². The van der Waals surface area contributed by atoms with E-state index in [4.69, 9.17) is 16.9 Å². The van der Waals surface area contributed by atoms with Crippen LogP contribution >= 0.6 is 11.6 Å². The molecule has 0 bridgehead atoms. The van der Waals surface area contributed by atoms with Crippen LogP contribution in [0.15, 0.2) is 12.1 Å². The van der Waals surface area contributed by atoms with Crippen LogP contribution in [0.3, 0.4) is 0 Å². The summed E-state index contributed by atoms with van der Waals surface area (Å²) in [6.45, 7) is 0. The molecule has 1 aromatic rings. The van der Waals surface area contributed by atoms with Gasteiger partial charge in [0.2, 0.25) is 0 Å². The minimum Gasteiger partial charge on any atom is -0.391 e. The molecule has 0 amide bonds. The maximum Gasteiger partial charge on any atom is 0.132 e. The van der Waals surface area contributed by atoms with Gasteiger partial charge in [0.15, 0.2) is 0 Å². The van der Waals surface area contributed by atoms with Gasteiger partial charge in [-0.05, 0) is 25.0 Å². The lowest BCUT2D eigenvalue weighted by atomic mass is 9.91. The first-order valence-corrected chi connectivity index (χ1v) is 6.48. The molecule has 0 radical (unpaired) electrons. The first-order valence-electron chi connectivity index (χ1n) is 6.10. The van der Waals surface area contributed by atoms with Gasteiger partial charge in [-0.3, -0.25) is 0 Å². The predicted octanol–water partition coefficient (Wildman–Crippen LogP) is 2.35. The monoisotopic (exact) mass is 265 g/mol. The molecule has 2 atom stereocenters. The van der Waals surface area contributed by atoms with E-state index in [2.05, 4.69) is 11.1 Å². The highest BCUT2D eigenvalue weighted by atomic mass is 35.5. The lowest BCUT2D eigenvalue weighted by molar-refractivity contribution is 0.106. The summed E-state index contributed by atoms with van der Waals surface area (Å²) in [6.07, 6.45) is 3.60. The van der Waals surface area contributed by atoms with E-state index < -0.39 is 0 Å². The van der Waals surface area contributed by atoms with Gasteiger partial charge in [0.1, 0.15) is 11.0 Å². The van der Waals surface area contributed by atoms with Gasteiger partial charge in [-0.1, -0.05) is 24.4 Å². The van der Waals surface area contributed by atoms with Crippen LogP contribution < -0.4 is 4.90 Å². The van der Waals surface area contributed by atoms with E-state index in [1.165, 1.54) is 6.07 Å². The summed E-state index contributed by atoms with van der Waals surface area (Å²) in [4.78, 5) is 6.15. The molecule has 4 nitrogen and oxygen atoms in total. The van der Waals surface area contributed by atoms with Crippen LogP contribution in [-0.2, 0) is 0 Å². The lowest BCUT2D eigenvalue weighted by Gasteiger charge is -2.36. The molecule has 96 valence electrons. The summed E-state index contributed by atoms with van der Waals surface area (Å²) in [5.41, 5.74) is 0.488. The summed E-state index contributed by atoms with van der Waals surface area (Å²) in [6, 6.07) is 5.36. The number of rotatable bonds is 2. The average molecular weight is 266 g/mol. The number of anilines is 1. The third-order valence-electron chi connectivity index (χ3n) is 3.46. The number of aliphatic hydroxyl groups excluding tert-OH is 1. The highest BCUT2D eigenvalue weighted by molar-refractivity contribution is 6.29. The van der Waals surface area contributed by atoms with E-state index in [0.29, 0.717) is 16.5 Å². The summed E-state index contributed by atoms with van der Waals surface area (Å²) >= 11 is 5.90. The van der Waals surface area contributed by atoms with Gasteiger partial charge in [0, 0.05) is 7.05 Å². The van der Waals surface area contributed by atoms with E-state index in [1.807, 2.05) is 11.9 Å². The number of likely N-dealkylation sites (N-methyl/N-ethyl adjacent to an activating group) is 1. The van der Waals surface area contributed by atoms with E-state index in [1.54, 1.807) is 6.07 Å². The molecule has 0 aromatic carbocycles. The first kappa shape index (κ1) is 13.1. The predicted molar refractivity (Wildman–Crippen MR) is 70.6 cm³/mol. The molecule has 2 rings (SSSR count). The number of nitrogens with zero attached hydrogens (tertiary/aromatic N) is 3. The van der Waals surface area contributed by atoms with Crippen molar-refractivity contribution in [3.05, 3.63) is 22.8 Å². The molecule has 1 N–H and O–H groups in total. The molecular weight excluding hydrogens is 250 g/mol. The van der Waals surface area contributed by atoms with Crippen molar-refractivity contribution in [1.82, 2.24) is 4.98 Å². The Kier molecular flexibility index (Phi) is 4.05. The van der Waals surface area contributed by atoms with E-state index in [0.717, 1.165) is 25.7 Å². The van der Waals surface area contributed by atoms with Crippen molar-refractivity contribution in [1.29, 1.82) is 5.26 Å². The number of hydrogen-bond donors (Lipinski definition) is 1. The van der Waals surface area contributed by atoms with Crippen LogP contribution in [0.5, 0.6) is 0 Å². The molecule has 1 aliphatic carbocycles. The molecular formula is C13H16ClN3O. The van der Waals surface area contributed by atoms with Crippen LogP contribution in [0.2, 0.25) is 5.15 Å². The number of aliphatic hydroxyl groups is 1. The van der Waals surface area contributed by atoms with Crippen LogP contribution in [0.1, 0.15) is 31.2 Å². The summed E-state index contributed by atoms with van der Waals surface area (Å²) in [7, 11) is 1.89. The smallest absolute Gasteiger partial charge is 0.132 e. The number of hydrogen-bond acceptors (Lipinski definition) is 4. The van der Waals surface area contributed by atoms with Gasteiger partial charge in [-0.25, -0.2) is 4.98 Å². The van der Waals surface area contributed by atoms with Gasteiger partial charge in [0.05, 0.1) is 23.8 Å². The van der Waals surface area contributed by atoms with Crippen molar-refractivity contribution in [2.24, 2.45) is 0 Å². The average Bonchev–Trinajstić information content (AvgIpc) is 2.37. The highest BCUT2D eigenvalue weighted by Gasteiger charge is 2.27. The topological polar surface area (TPSA) is 60.2 Å². The Bertz CT molecular complexity index is 472. The van der Waals surface area contributed by atoms with E-state index in [-0.39, 0.29) is 12.1 Å². The molecule has 18 heavy (non-hydrogen) atoms. The molecule has 5 heteroatoms. The van der Waals surface area contributed by atoms with Crippen molar-refractivity contribution >= 4 is 17.4 Å². The zero-order valence-corrected chi connectivity index (χ0v) is 11.1. The van der Waals surface area contributed by atoms with E-state index >= 15 is 0 Å². The molecule has 2 unspecified atom stereocenters. The fraction of sp³-hybridized carbons (Fsp3) is 0.538. The lowest BCUT2D eigenvalue weighted by Crippen LogP contribution is -2.43. The Morgan fingerprint density at radius 2 is 2.17 bits per heavy atom. The second-order valence-corrected chi connectivity index (χ2v) is 5.07. The van der Waals surface area contributed by atoms with Crippen molar-refractivity contribution in [2.75, 3.05) is 11.9 Å². The summed E-state index contributed by atoms with van der Waals surface area (Å²) < 4.78 is 0. The number of halogens is 1. The highest BCUT2D eigenvalue weighted by Crippen LogP contribution is 2.26. The molecule has 0 saturated heterocycles. The molecule has 1 aromatic heterocycles. The zero-order chi connectivity index (χ0) is 13.1. The van der Waals surface area contributed by atoms with Crippen molar-refractivity contribution in [2.45, 2.75) is 37.8 Å². The van der Waals surface area contributed by atoms with Crippen LogP contribution in [0.25, 0.3) is 0 Å². The Balaban J connectivity index is 2.25. The summed E-state index contributed by atoms with van der Waals surface area (Å²) in [5.74, 6) is 0.644. The quantitative estimate of drug-likeness (QED) is 0.834. The van der Waals surface area contributed by atoms with Gasteiger partial charge < -0.3 is 10.0 Å². The fourth-order valence-electron chi connectivity index (χ4n) is 2.44. The van der Waals surface area contributed by atoms with Gasteiger partial charge in [-0.15, -0.1) is 0 Å². The first-order chi connectivity index (χ1) is 8.61. The Hall–Kier alpha value is -1.31. The van der Waals surface area contributed by atoms with Crippen molar-refractivity contribution < 1.29 is 5.11 Å². The maximum atomic E-state index is 10.0. The second kappa shape index (κ2) is 5.55. The number of aromatic nitrogens is 1. The van der Waals surface area contributed by atoms with Crippen LogP contribution in [0, 0.1) is 11.3 Å². The summed E-state index contributed by atoms with van der Waals surface area (Å²) in [5, 5.41) is 19.3. The van der Waals surface area contributed by atoms with E-state index in [9.17, 15) is 5.11 Å². The molecule has 0 spiro atoms. The van der Waals surface area contributed by atoms with Crippen molar-refractivity contribution in [3.8, 4) is 6.07 Å². The molecule has 1 fully saturated rings. The molecule has 0 aliphatic heterocycles. The van der Waals surface area contributed by atoms with Crippen molar-refractivity contribution in [3.63, 3.8) is 0 Å².